The van der Waals surface area contributed by atoms with Crippen LogP contribution in [-0.2, 0) is 4.74 Å². The Morgan fingerprint density at radius 2 is 1.71 bits per heavy atom. The van der Waals surface area contributed by atoms with Crippen molar-refractivity contribution >= 4 is 23.2 Å². The molecule has 2 amide bonds. The van der Waals surface area contributed by atoms with E-state index in [0.717, 1.165) is 6.07 Å². The molecule has 0 unspecified atom stereocenters. The number of carbonyl (C=O) groups excluding carboxylic acids is 2. The molecular weight excluding hydrogens is 406 g/mol. The third-order valence-corrected chi connectivity index (χ3v) is 4.32. The first-order chi connectivity index (χ1) is 14.9. The number of nitrogens with one attached hydrogen (secondary N) is 2. The summed E-state index contributed by atoms with van der Waals surface area (Å²) in [6.07, 6.45) is 0.645. The Balaban J connectivity index is 2.25. The van der Waals surface area contributed by atoms with E-state index >= 15 is 0 Å². The average molecular weight is 431 g/mol. The van der Waals surface area contributed by atoms with Gasteiger partial charge in [0.1, 0.15) is 5.56 Å². The second kappa shape index (κ2) is 11.5. The highest BCUT2D eigenvalue weighted by Crippen LogP contribution is 2.35. The Labute approximate surface area is 179 Å². The first kappa shape index (κ1) is 23.6. The molecule has 2 aromatic rings. The van der Waals surface area contributed by atoms with Gasteiger partial charge in [0.05, 0.1) is 36.5 Å². The Kier molecular flexibility index (Phi) is 8.77. The second-order valence-corrected chi connectivity index (χ2v) is 6.29. The number of para-hydroxylation sites is 1. The molecule has 2 rings (SSSR count). The summed E-state index contributed by atoms with van der Waals surface area (Å²) in [7, 11) is 2.70. The summed E-state index contributed by atoms with van der Waals surface area (Å²) in [6, 6.07) is 8.73. The number of amides is 2. The van der Waals surface area contributed by atoms with E-state index < -0.39 is 16.5 Å². The van der Waals surface area contributed by atoms with Crippen molar-refractivity contribution in [2.45, 2.75) is 13.3 Å². The van der Waals surface area contributed by atoms with Gasteiger partial charge in [0.2, 0.25) is 0 Å². The van der Waals surface area contributed by atoms with Crippen LogP contribution >= 0.6 is 0 Å². The zero-order valence-electron chi connectivity index (χ0n) is 17.6. The standard InChI is InChI=1S/C21H25N3O7/c1-4-31-11-7-10-22-20(25)14-8-5-6-9-16(14)23-21(26)15-12-18(29-2)19(30-3)13-17(15)24(27)28/h5-6,8-9,12-13H,4,7,10-11H2,1-3H3,(H,22,25)(H,23,26). The average Bonchev–Trinajstić information content (AvgIpc) is 2.77. The molecule has 0 fully saturated rings. The number of ether oxygens (including phenoxy) is 3. The molecule has 2 N–H and O–H groups in total. The highest BCUT2D eigenvalue weighted by Gasteiger charge is 2.25. The van der Waals surface area contributed by atoms with E-state index in [2.05, 4.69) is 10.6 Å². The van der Waals surface area contributed by atoms with Crippen molar-refractivity contribution in [2.75, 3.05) is 39.3 Å². The van der Waals surface area contributed by atoms with Crippen molar-refractivity contribution < 1.29 is 28.7 Å². The number of hydrogen-bond acceptors (Lipinski definition) is 7. The number of anilines is 1. The maximum Gasteiger partial charge on any atom is 0.286 e. The first-order valence-corrected chi connectivity index (χ1v) is 9.59. The van der Waals surface area contributed by atoms with Gasteiger partial charge in [0.15, 0.2) is 11.5 Å². The molecule has 0 bridgehead atoms. The Hall–Kier alpha value is -3.66. The van der Waals surface area contributed by atoms with Crippen molar-refractivity contribution in [1.29, 1.82) is 0 Å². The highest BCUT2D eigenvalue weighted by atomic mass is 16.6. The SMILES string of the molecule is CCOCCCNC(=O)c1ccccc1NC(=O)c1cc(OC)c(OC)cc1[N+](=O)[O-]. The number of carbonyl (C=O) groups is 2. The van der Waals surface area contributed by atoms with Crippen LogP contribution in [0.1, 0.15) is 34.1 Å². The number of nitrogens with zero attached hydrogens (tertiary/aromatic N) is 1. The minimum absolute atomic E-state index is 0.123. The van der Waals surface area contributed by atoms with Crippen LogP contribution in [0.25, 0.3) is 0 Å². The lowest BCUT2D eigenvalue weighted by atomic mass is 10.1. The van der Waals surface area contributed by atoms with E-state index in [1.165, 1.54) is 20.3 Å². The summed E-state index contributed by atoms with van der Waals surface area (Å²) in [5, 5.41) is 16.8. The van der Waals surface area contributed by atoms with Gasteiger partial charge in [-0.25, -0.2) is 0 Å². The fourth-order valence-corrected chi connectivity index (χ4v) is 2.80. The topological polar surface area (TPSA) is 129 Å². The molecular formula is C21H25N3O7. The van der Waals surface area contributed by atoms with Gasteiger partial charge in [-0.1, -0.05) is 12.1 Å². The summed E-state index contributed by atoms with van der Waals surface area (Å²) in [5.41, 5.74) is -0.225. The lowest BCUT2D eigenvalue weighted by Crippen LogP contribution is -2.27. The fourth-order valence-electron chi connectivity index (χ4n) is 2.80. The van der Waals surface area contributed by atoms with Crippen LogP contribution in [0.3, 0.4) is 0 Å². The summed E-state index contributed by atoms with van der Waals surface area (Å²) in [5.74, 6) is -0.852. The summed E-state index contributed by atoms with van der Waals surface area (Å²) in [6.45, 7) is 3.42. The zero-order valence-corrected chi connectivity index (χ0v) is 17.6. The summed E-state index contributed by atoms with van der Waals surface area (Å²) in [4.78, 5) is 36.2. The maximum absolute atomic E-state index is 12.9. The number of nitro groups is 1. The second-order valence-electron chi connectivity index (χ2n) is 6.29. The van der Waals surface area contributed by atoms with Crippen LogP contribution in [0.5, 0.6) is 11.5 Å². The van der Waals surface area contributed by atoms with E-state index in [4.69, 9.17) is 14.2 Å². The largest absolute Gasteiger partial charge is 0.493 e. The Bertz CT molecular complexity index is 947. The molecule has 0 saturated carbocycles. The molecule has 0 aromatic heterocycles. The van der Waals surface area contributed by atoms with Gasteiger partial charge in [-0.15, -0.1) is 0 Å². The van der Waals surface area contributed by atoms with Crippen LogP contribution in [0, 0.1) is 10.1 Å². The summed E-state index contributed by atoms with van der Waals surface area (Å²) < 4.78 is 15.4. The van der Waals surface area contributed by atoms with Gasteiger partial charge in [-0.3, -0.25) is 19.7 Å². The molecule has 0 radical (unpaired) electrons. The van der Waals surface area contributed by atoms with Crippen molar-refractivity contribution in [2.24, 2.45) is 0 Å². The molecule has 0 aliphatic rings. The molecule has 10 heteroatoms. The number of benzene rings is 2. The number of methoxy groups -OCH3 is 2. The highest BCUT2D eigenvalue weighted by molar-refractivity contribution is 6.11. The molecule has 0 heterocycles. The van der Waals surface area contributed by atoms with Crippen LogP contribution in [0.2, 0.25) is 0 Å². The molecule has 0 saturated heterocycles. The van der Waals surface area contributed by atoms with E-state index in [1.807, 2.05) is 6.92 Å². The predicted octanol–water partition coefficient (Wildman–Crippen LogP) is 3.02. The molecule has 2 aromatic carbocycles. The number of nitro benzene ring substituents is 1. The van der Waals surface area contributed by atoms with Gasteiger partial charge in [-0.2, -0.15) is 0 Å². The van der Waals surface area contributed by atoms with Crippen molar-refractivity contribution in [3.63, 3.8) is 0 Å². The van der Waals surface area contributed by atoms with Crippen molar-refractivity contribution in [1.82, 2.24) is 5.32 Å². The van der Waals surface area contributed by atoms with Gasteiger partial charge in [0.25, 0.3) is 17.5 Å². The van der Waals surface area contributed by atoms with Gasteiger partial charge < -0.3 is 24.8 Å². The zero-order chi connectivity index (χ0) is 22.8. The van der Waals surface area contributed by atoms with Crippen LogP contribution in [-0.4, -0.2) is 50.7 Å². The van der Waals surface area contributed by atoms with Crippen LogP contribution in [0.15, 0.2) is 36.4 Å². The molecule has 0 aliphatic heterocycles. The van der Waals surface area contributed by atoms with Crippen LogP contribution in [0.4, 0.5) is 11.4 Å². The van der Waals surface area contributed by atoms with E-state index in [1.54, 1.807) is 24.3 Å². The third-order valence-electron chi connectivity index (χ3n) is 4.32. The van der Waals surface area contributed by atoms with Crippen LogP contribution < -0.4 is 20.1 Å². The third kappa shape index (κ3) is 6.16. The smallest absolute Gasteiger partial charge is 0.286 e. The normalized spacial score (nSPS) is 10.3. The predicted molar refractivity (Wildman–Crippen MR) is 114 cm³/mol. The van der Waals surface area contributed by atoms with Crippen molar-refractivity contribution in [3.8, 4) is 11.5 Å². The van der Waals surface area contributed by atoms with E-state index in [9.17, 15) is 19.7 Å². The van der Waals surface area contributed by atoms with Gasteiger partial charge in [-0.05, 0) is 25.5 Å². The van der Waals surface area contributed by atoms with Crippen molar-refractivity contribution in [3.05, 3.63) is 57.6 Å². The molecule has 0 spiro atoms. The minimum Gasteiger partial charge on any atom is -0.493 e. The monoisotopic (exact) mass is 431 g/mol. The minimum atomic E-state index is -0.760. The van der Waals surface area contributed by atoms with Gasteiger partial charge >= 0.3 is 0 Å². The molecule has 10 nitrogen and oxygen atoms in total. The maximum atomic E-state index is 12.9. The molecule has 166 valence electrons. The molecule has 31 heavy (non-hydrogen) atoms. The lowest BCUT2D eigenvalue weighted by Gasteiger charge is -2.13. The molecule has 0 atom stereocenters. The van der Waals surface area contributed by atoms with Gasteiger partial charge in [0, 0.05) is 25.8 Å². The quantitative estimate of drug-likeness (QED) is 0.318. The first-order valence-electron chi connectivity index (χ1n) is 9.59. The van der Waals surface area contributed by atoms with E-state index in [-0.39, 0.29) is 34.2 Å². The van der Waals surface area contributed by atoms with E-state index in [0.29, 0.717) is 26.2 Å². The summed E-state index contributed by atoms with van der Waals surface area (Å²) >= 11 is 0. The number of hydrogen-bond donors (Lipinski definition) is 2. The fraction of sp³-hybridized carbons (Fsp3) is 0.333. The lowest BCUT2D eigenvalue weighted by molar-refractivity contribution is -0.385. The number of rotatable bonds is 11. The molecule has 0 aliphatic carbocycles. The Morgan fingerprint density at radius 1 is 1.03 bits per heavy atom. The Morgan fingerprint density at radius 3 is 2.35 bits per heavy atom.